The summed E-state index contributed by atoms with van der Waals surface area (Å²) in [5.41, 5.74) is 0.398. The Morgan fingerprint density at radius 1 is 1.05 bits per heavy atom. The average Bonchev–Trinajstić information content (AvgIpc) is 2.43. The van der Waals surface area contributed by atoms with Gasteiger partial charge in [0.25, 0.3) is 0 Å². The SMILES string of the molecule is CCOC(=O)C(OCC)=C1CCN(C(=O)OC(C)(C)C)CC1. The lowest BCUT2D eigenvalue weighted by atomic mass is 10.0. The van der Waals surface area contributed by atoms with Gasteiger partial charge in [0.15, 0.2) is 0 Å². The van der Waals surface area contributed by atoms with Crippen LogP contribution < -0.4 is 0 Å². The predicted octanol–water partition coefficient (Wildman–Crippen LogP) is 2.87. The summed E-state index contributed by atoms with van der Waals surface area (Å²) >= 11 is 0. The minimum Gasteiger partial charge on any atom is -0.487 e. The van der Waals surface area contributed by atoms with Crippen molar-refractivity contribution >= 4 is 12.1 Å². The van der Waals surface area contributed by atoms with Crippen molar-refractivity contribution in [3.05, 3.63) is 11.3 Å². The fourth-order valence-electron chi connectivity index (χ4n) is 2.16. The van der Waals surface area contributed by atoms with Gasteiger partial charge in [-0.3, -0.25) is 0 Å². The maximum absolute atomic E-state index is 12.0. The molecule has 0 saturated carbocycles. The summed E-state index contributed by atoms with van der Waals surface area (Å²) in [5, 5.41) is 0. The molecule has 1 heterocycles. The third kappa shape index (κ3) is 5.58. The van der Waals surface area contributed by atoms with E-state index in [-0.39, 0.29) is 6.09 Å². The Labute approximate surface area is 132 Å². The van der Waals surface area contributed by atoms with Crippen molar-refractivity contribution in [2.24, 2.45) is 0 Å². The first-order chi connectivity index (χ1) is 10.3. The van der Waals surface area contributed by atoms with Crippen LogP contribution in [0, 0.1) is 0 Å². The minimum atomic E-state index is -0.505. The normalized spacial score (nSPS) is 15.3. The van der Waals surface area contributed by atoms with Gasteiger partial charge in [-0.1, -0.05) is 0 Å². The van der Waals surface area contributed by atoms with E-state index in [1.54, 1.807) is 11.8 Å². The highest BCUT2D eigenvalue weighted by Crippen LogP contribution is 2.23. The van der Waals surface area contributed by atoms with E-state index in [0.717, 1.165) is 5.57 Å². The van der Waals surface area contributed by atoms with Gasteiger partial charge in [-0.25, -0.2) is 9.59 Å². The zero-order chi connectivity index (χ0) is 16.8. The number of carbonyl (C=O) groups excluding carboxylic acids is 2. The Kier molecular flexibility index (Phi) is 6.71. The topological polar surface area (TPSA) is 65.1 Å². The molecule has 6 heteroatoms. The van der Waals surface area contributed by atoms with Crippen LogP contribution in [0.4, 0.5) is 4.79 Å². The summed E-state index contributed by atoms with van der Waals surface area (Å²) in [7, 11) is 0. The maximum atomic E-state index is 12.0. The standard InChI is InChI=1S/C16H27NO5/c1-6-20-13(14(18)21-7-2)12-8-10-17(11-9-12)15(19)22-16(3,4)5/h6-11H2,1-5H3. The summed E-state index contributed by atoms with van der Waals surface area (Å²) < 4.78 is 15.8. The van der Waals surface area contributed by atoms with Gasteiger partial charge < -0.3 is 19.1 Å². The number of hydrogen-bond donors (Lipinski definition) is 0. The number of likely N-dealkylation sites (tertiary alicyclic amines) is 1. The summed E-state index contributed by atoms with van der Waals surface area (Å²) in [6, 6.07) is 0. The number of piperidine rings is 1. The van der Waals surface area contributed by atoms with Gasteiger partial charge in [-0.05, 0) is 53.0 Å². The van der Waals surface area contributed by atoms with E-state index in [1.807, 2.05) is 27.7 Å². The van der Waals surface area contributed by atoms with Crippen molar-refractivity contribution in [1.82, 2.24) is 4.90 Å². The van der Waals surface area contributed by atoms with Crippen molar-refractivity contribution in [3.8, 4) is 0 Å². The Bertz CT molecular complexity index is 426. The molecule has 1 amide bonds. The van der Waals surface area contributed by atoms with Crippen molar-refractivity contribution in [3.63, 3.8) is 0 Å². The van der Waals surface area contributed by atoms with E-state index < -0.39 is 11.6 Å². The zero-order valence-corrected chi connectivity index (χ0v) is 14.2. The monoisotopic (exact) mass is 313 g/mol. The number of hydrogen-bond acceptors (Lipinski definition) is 5. The molecular weight excluding hydrogens is 286 g/mol. The first-order valence-electron chi connectivity index (χ1n) is 7.78. The highest BCUT2D eigenvalue weighted by atomic mass is 16.6. The Morgan fingerprint density at radius 2 is 1.59 bits per heavy atom. The molecule has 6 nitrogen and oxygen atoms in total. The summed E-state index contributed by atoms with van der Waals surface area (Å²) in [6.07, 6.45) is 0.862. The molecule has 0 aromatic heterocycles. The van der Waals surface area contributed by atoms with Crippen molar-refractivity contribution in [1.29, 1.82) is 0 Å². The van der Waals surface area contributed by atoms with E-state index in [4.69, 9.17) is 14.2 Å². The van der Waals surface area contributed by atoms with Gasteiger partial charge in [0, 0.05) is 13.1 Å². The molecule has 0 aliphatic carbocycles. The lowest BCUT2D eigenvalue weighted by Gasteiger charge is -2.31. The molecule has 0 aromatic carbocycles. The molecule has 1 saturated heterocycles. The molecule has 1 fully saturated rings. The highest BCUT2D eigenvalue weighted by Gasteiger charge is 2.27. The lowest BCUT2D eigenvalue weighted by Crippen LogP contribution is -2.40. The van der Waals surface area contributed by atoms with Gasteiger partial charge in [0.05, 0.1) is 13.2 Å². The van der Waals surface area contributed by atoms with Gasteiger partial charge in [-0.2, -0.15) is 0 Å². The largest absolute Gasteiger partial charge is 0.487 e. The predicted molar refractivity (Wildman–Crippen MR) is 82.3 cm³/mol. The van der Waals surface area contributed by atoms with E-state index in [9.17, 15) is 9.59 Å². The van der Waals surface area contributed by atoms with E-state index >= 15 is 0 Å². The van der Waals surface area contributed by atoms with Crippen LogP contribution >= 0.6 is 0 Å². The molecule has 0 spiro atoms. The summed E-state index contributed by atoms with van der Waals surface area (Å²) in [5.74, 6) is -0.127. The molecule has 0 N–H and O–H groups in total. The van der Waals surface area contributed by atoms with E-state index in [1.165, 1.54) is 0 Å². The fourth-order valence-corrected chi connectivity index (χ4v) is 2.16. The molecule has 126 valence electrons. The van der Waals surface area contributed by atoms with Gasteiger partial charge in [-0.15, -0.1) is 0 Å². The van der Waals surface area contributed by atoms with Crippen molar-refractivity contribution in [2.45, 2.75) is 53.1 Å². The van der Waals surface area contributed by atoms with Gasteiger partial charge in [0.1, 0.15) is 5.60 Å². The molecule has 1 aliphatic heterocycles. The number of amides is 1. The quantitative estimate of drug-likeness (QED) is 0.453. The number of nitrogens with zero attached hydrogens (tertiary/aromatic N) is 1. The lowest BCUT2D eigenvalue weighted by molar-refractivity contribution is -0.142. The molecule has 0 unspecified atom stereocenters. The molecule has 0 atom stereocenters. The van der Waals surface area contributed by atoms with Crippen LogP contribution in [0.25, 0.3) is 0 Å². The molecule has 1 rings (SSSR count). The van der Waals surface area contributed by atoms with Crippen LogP contribution in [-0.2, 0) is 19.0 Å². The van der Waals surface area contributed by atoms with Crippen LogP contribution in [0.15, 0.2) is 11.3 Å². The van der Waals surface area contributed by atoms with Gasteiger partial charge >= 0.3 is 12.1 Å². The van der Waals surface area contributed by atoms with Crippen LogP contribution in [-0.4, -0.2) is 48.9 Å². The molecule has 22 heavy (non-hydrogen) atoms. The van der Waals surface area contributed by atoms with Crippen LogP contribution in [0.3, 0.4) is 0 Å². The Morgan fingerprint density at radius 3 is 2.05 bits per heavy atom. The third-order valence-corrected chi connectivity index (χ3v) is 3.09. The minimum absolute atomic E-state index is 0.299. The first kappa shape index (κ1) is 18.3. The maximum Gasteiger partial charge on any atom is 0.410 e. The van der Waals surface area contributed by atoms with Crippen LogP contribution in [0.2, 0.25) is 0 Å². The molecular formula is C16H27NO5. The molecule has 0 bridgehead atoms. The number of carbonyl (C=O) groups is 2. The highest BCUT2D eigenvalue weighted by molar-refractivity contribution is 5.87. The van der Waals surface area contributed by atoms with Crippen molar-refractivity contribution in [2.75, 3.05) is 26.3 Å². The summed E-state index contributed by atoms with van der Waals surface area (Å²) in [6.45, 7) is 10.9. The molecule has 0 radical (unpaired) electrons. The van der Waals surface area contributed by atoms with Crippen molar-refractivity contribution < 1.29 is 23.8 Å². The second kappa shape index (κ2) is 8.06. The number of esters is 1. The second-order valence-corrected chi connectivity index (χ2v) is 6.05. The fraction of sp³-hybridized carbons (Fsp3) is 0.750. The first-order valence-corrected chi connectivity index (χ1v) is 7.78. The zero-order valence-electron chi connectivity index (χ0n) is 14.2. The van der Waals surface area contributed by atoms with Crippen LogP contribution in [0.1, 0.15) is 47.5 Å². The van der Waals surface area contributed by atoms with E-state index in [2.05, 4.69) is 0 Å². The number of rotatable bonds is 4. The Hall–Kier alpha value is -1.72. The average molecular weight is 313 g/mol. The summed E-state index contributed by atoms with van der Waals surface area (Å²) in [4.78, 5) is 25.6. The molecule has 1 aliphatic rings. The molecule has 0 aromatic rings. The van der Waals surface area contributed by atoms with Crippen LogP contribution in [0.5, 0.6) is 0 Å². The smallest absolute Gasteiger partial charge is 0.410 e. The number of ether oxygens (including phenoxy) is 3. The Balaban J connectivity index is 2.70. The van der Waals surface area contributed by atoms with Gasteiger partial charge in [0.2, 0.25) is 5.76 Å². The second-order valence-electron chi connectivity index (χ2n) is 6.05. The van der Waals surface area contributed by atoms with E-state index in [0.29, 0.717) is 44.9 Å². The third-order valence-electron chi connectivity index (χ3n) is 3.09.